The Morgan fingerprint density at radius 1 is 1.43 bits per heavy atom. The summed E-state index contributed by atoms with van der Waals surface area (Å²) in [6.45, 7) is 2.42. The summed E-state index contributed by atoms with van der Waals surface area (Å²) in [5.41, 5.74) is 0.558. The van der Waals surface area contributed by atoms with Crippen molar-refractivity contribution in [3.05, 3.63) is 11.1 Å². The Hall–Kier alpha value is -1.96. The summed E-state index contributed by atoms with van der Waals surface area (Å²) < 4.78 is 4.59. The molecule has 1 fully saturated rings. The van der Waals surface area contributed by atoms with Gasteiger partial charge in [0.05, 0.1) is 19.2 Å². The Morgan fingerprint density at radius 3 is 2.91 bits per heavy atom. The minimum Gasteiger partial charge on any atom is -0.469 e. The molecule has 0 unspecified atom stereocenters. The van der Waals surface area contributed by atoms with Gasteiger partial charge < -0.3 is 15.0 Å². The third kappa shape index (κ3) is 4.51. The number of hydrogen-bond donors (Lipinski definition) is 1. The molecule has 1 aromatic heterocycles. The van der Waals surface area contributed by atoms with Crippen LogP contribution in [0.5, 0.6) is 0 Å². The van der Waals surface area contributed by atoms with Gasteiger partial charge in [-0.2, -0.15) is 0 Å². The fourth-order valence-corrected chi connectivity index (χ4v) is 3.27. The van der Waals surface area contributed by atoms with E-state index in [2.05, 4.69) is 15.0 Å². The van der Waals surface area contributed by atoms with Gasteiger partial charge in [0.2, 0.25) is 11.8 Å². The van der Waals surface area contributed by atoms with E-state index >= 15 is 0 Å². The fraction of sp³-hybridized carbons (Fsp3) is 0.600. The maximum atomic E-state index is 12.5. The number of ether oxygens (including phenoxy) is 1. The summed E-state index contributed by atoms with van der Waals surface area (Å²) in [5, 5.41) is 4.90. The number of amides is 2. The summed E-state index contributed by atoms with van der Waals surface area (Å²) in [5.74, 6) is -0.596. The molecular weight excluding hydrogens is 318 g/mol. The van der Waals surface area contributed by atoms with E-state index in [9.17, 15) is 14.4 Å². The standard InChI is InChI=1S/C15H21N3O4S/c1-3-12(19)18-7-5-4-6-11(18)14(21)17-15-16-10(9-23-15)8-13(20)22-2/h9,11H,3-8H2,1-2H3,(H,16,17,21)/t11-/m1/s1. The van der Waals surface area contributed by atoms with Crippen molar-refractivity contribution >= 4 is 34.3 Å². The van der Waals surface area contributed by atoms with Crippen molar-refractivity contribution in [2.24, 2.45) is 0 Å². The minimum atomic E-state index is -0.441. The van der Waals surface area contributed by atoms with Crippen LogP contribution >= 0.6 is 11.3 Å². The van der Waals surface area contributed by atoms with Crippen molar-refractivity contribution in [2.75, 3.05) is 19.0 Å². The fourth-order valence-electron chi connectivity index (χ4n) is 2.56. The Bertz CT molecular complexity index is 587. The number of esters is 1. The molecule has 2 amide bonds. The monoisotopic (exact) mass is 339 g/mol. The third-order valence-electron chi connectivity index (χ3n) is 3.76. The Kier molecular flexibility index (Phi) is 6.09. The van der Waals surface area contributed by atoms with Gasteiger partial charge in [0, 0.05) is 18.3 Å². The van der Waals surface area contributed by atoms with Crippen LogP contribution in [0.25, 0.3) is 0 Å². The van der Waals surface area contributed by atoms with Gasteiger partial charge in [-0.05, 0) is 19.3 Å². The van der Waals surface area contributed by atoms with E-state index in [4.69, 9.17) is 0 Å². The predicted molar refractivity (Wildman–Crippen MR) is 86.1 cm³/mol. The van der Waals surface area contributed by atoms with Crippen LogP contribution in [0.15, 0.2) is 5.38 Å². The van der Waals surface area contributed by atoms with Crippen molar-refractivity contribution in [1.29, 1.82) is 0 Å². The highest BCUT2D eigenvalue weighted by Gasteiger charge is 2.31. The summed E-state index contributed by atoms with van der Waals surface area (Å²) in [6, 6.07) is -0.441. The highest BCUT2D eigenvalue weighted by Crippen LogP contribution is 2.21. The van der Waals surface area contributed by atoms with Gasteiger partial charge in [0.1, 0.15) is 6.04 Å². The van der Waals surface area contributed by atoms with Crippen molar-refractivity contribution in [1.82, 2.24) is 9.88 Å². The normalized spacial score (nSPS) is 17.7. The number of nitrogens with zero attached hydrogens (tertiary/aromatic N) is 2. The van der Waals surface area contributed by atoms with Crippen LogP contribution in [0.4, 0.5) is 5.13 Å². The van der Waals surface area contributed by atoms with E-state index in [0.717, 1.165) is 12.8 Å². The highest BCUT2D eigenvalue weighted by atomic mass is 32.1. The molecule has 7 nitrogen and oxygen atoms in total. The lowest BCUT2D eigenvalue weighted by Gasteiger charge is -2.34. The van der Waals surface area contributed by atoms with E-state index in [0.29, 0.717) is 30.2 Å². The molecule has 0 spiro atoms. The van der Waals surface area contributed by atoms with Crippen LogP contribution in [0.1, 0.15) is 38.3 Å². The predicted octanol–water partition coefficient (Wildman–Crippen LogP) is 1.59. The molecule has 0 bridgehead atoms. The molecule has 2 heterocycles. The minimum absolute atomic E-state index is 0.00429. The average Bonchev–Trinajstić information content (AvgIpc) is 3.00. The number of thiazole rings is 1. The quantitative estimate of drug-likeness (QED) is 0.823. The smallest absolute Gasteiger partial charge is 0.311 e. The second-order valence-corrected chi connectivity index (χ2v) is 6.20. The van der Waals surface area contributed by atoms with Crippen LogP contribution in [0.3, 0.4) is 0 Å². The molecule has 0 radical (unpaired) electrons. The van der Waals surface area contributed by atoms with Gasteiger partial charge in [0.15, 0.2) is 5.13 Å². The maximum Gasteiger partial charge on any atom is 0.311 e. The van der Waals surface area contributed by atoms with Crippen LogP contribution < -0.4 is 5.32 Å². The van der Waals surface area contributed by atoms with E-state index in [-0.39, 0.29) is 24.2 Å². The number of piperidine rings is 1. The molecule has 1 aliphatic rings. The molecule has 23 heavy (non-hydrogen) atoms. The molecule has 1 aliphatic heterocycles. The molecule has 8 heteroatoms. The molecule has 0 aliphatic carbocycles. The largest absolute Gasteiger partial charge is 0.469 e. The lowest BCUT2D eigenvalue weighted by atomic mass is 10.0. The number of likely N-dealkylation sites (tertiary alicyclic amines) is 1. The summed E-state index contributed by atoms with van der Waals surface area (Å²) in [6.07, 6.45) is 2.99. The molecule has 1 aromatic rings. The van der Waals surface area contributed by atoms with Gasteiger partial charge in [0.25, 0.3) is 0 Å². The number of aromatic nitrogens is 1. The zero-order valence-corrected chi connectivity index (χ0v) is 14.1. The zero-order chi connectivity index (χ0) is 16.8. The Labute approximate surface area is 139 Å². The van der Waals surface area contributed by atoms with Crippen molar-refractivity contribution in [2.45, 2.75) is 45.1 Å². The van der Waals surface area contributed by atoms with Crippen molar-refractivity contribution in [3.63, 3.8) is 0 Å². The molecule has 1 saturated heterocycles. The second-order valence-electron chi connectivity index (χ2n) is 5.34. The Morgan fingerprint density at radius 2 is 2.22 bits per heavy atom. The molecular formula is C15H21N3O4S. The van der Waals surface area contributed by atoms with Gasteiger partial charge in [-0.1, -0.05) is 6.92 Å². The first-order valence-electron chi connectivity index (χ1n) is 7.66. The van der Waals surface area contributed by atoms with Crippen LogP contribution in [0, 0.1) is 0 Å². The Balaban J connectivity index is 2.00. The molecule has 126 valence electrons. The lowest BCUT2D eigenvalue weighted by Crippen LogP contribution is -2.49. The van der Waals surface area contributed by atoms with E-state index < -0.39 is 6.04 Å². The van der Waals surface area contributed by atoms with E-state index in [1.807, 2.05) is 0 Å². The first-order chi connectivity index (χ1) is 11.0. The SMILES string of the molecule is CCC(=O)N1CCCC[C@@H]1C(=O)Nc1nc(CC(=O)OC)cs1. The first-order valence-corrected chi connectivity index (χ1v) is 8.54. The number of nitrogens with one attached hydrogen (secondary N) is 1. The van der Waals surface area contributed by atoms with E-state index in [1.54, 1.807) is 17.2 Å². The number of rotatable bonds is 5. The van der Waals surface area contributed by atoms with Gasteiger partial charge >= 0.3 is 5.97 Å². The highest BCUT2D eigenvalue weighted by molar-refractivity contribution is 7.13. The summed E-state index contributed by atoms with van der Waals surface area (Å²) in [7, 11) is 1.32. The van der Waals surface area contributed by atoms with Gasteiger partial charge in [-0.3, -0.25) is 14.4 Å². The number of carbonyl (C=O) groups is 3. The van der Waals surface area contributed by atoms with Crippen molar-refractivity contribution < 1.29 is 19.1 Å². The summed E-state index contributed by atoms with van der Waals surface area (Å²) >= 11 is 1.26. The maximum absolute atomic E-state index is 12.5. The van der Waals surface area contributed by atoms with Crippen molar-refractivity contribution in [3.8, 4) is 0 Å². The number of anilines is 1. The van der Waals surface area contributed by atoms with Gasteiger partial charge in [-0.15, -0.1) is 11.3 Å². The third-order valence-corrected chi connectivity index (χ3v) is 4.57. The molecule has 0 saturated carbocycles. The molecule has 1 N–H and O–H groups in total. The number of carbonyl (C=O) groups excluding carboxylic acids is 3. The topological polar surface area (TPSA) is 88.6 Å². The first kappa shape index (κ1) is 17.4. The average molecular weight is 339 g/mol. The number of methoxy groups -OCH3 is 1. The summed E-state index contributed by atoms with van der Waals surface area (Å²) in [4.78, 5) is 41.5. The molecule has 1 atom stereocenters. The van der Waals surface area contributed by atoms with Crippen LogP contribution in [-0.2, 0) is 25.5 Å². The molecule has 0 aromatic carbocycles. The second kappa shape index (κ2) is 8.05. The zero-order valence-electron chi connectivity index (χ0n) is 13.3. The van der Waals surface area contributed by atoms with Gasteiger partial charge in [-0.25, -0.2) is 4.98 Å². The lowest BCUT2D eigenvalue weighted by molar-refractivity contribution is -0.140. The van der Waals surface area contributed by atoms with E-state index in [1.165, 1.54) is 18.4 Å². The van der Waals surface area contributed by atoms with Crippen LogP contribution in [0.2, 0.25) is 0 Å². The number of hydrogen-bond acceptors (Lipinski definition) is 6. The molecule has 2 rings (SSSR count). The van der Waals surface area contributed by atoms with Crippen LogP contribution in [-0.4, -0.2) is 47.4 Å².